The second kappa shape index (κ2) is 6.87. The van der Waals surface area contributed by atoms with Gasteiger partial charge in [0.2, 0.25) is 5.91 Å². The first-order valence-corrected chi connectivity index (χ1v) is 8.28. The lowest BCUT2D eigenvalue weighted by Gasteiger charge is -2.32. The first-order chi connectivity index (χ1) is 9.81. The molecule has 3 rings (SSSR count). The maximum Gasteiger partial charge on any atom is 0.234 e. The summed E-state index contributed by atoms with van der Waals surface area (Å²) in [6, 6.07) is 1.28. The molecule has 0 unspecified atom stereocenters. The summed E-state index contributed by atoms with van der Waals surface area (Å²) in [5.41, 5.74) is 0. The van der Waals surface area contributed by atoms with Crippen LogP contribution < -0.4 is 10.6 Å². The second-order valence-corrected chi connectivity index (χ2v) is 6.49. The highest BCUT2D eigenvalue weighted by Crippen LogP contribution is 2.29. The molecule has 0 atom stereocenters. The molecule has 0 aromatic rings. The maximum atomic E-state index is 12.1. The molecule has 2 N–H and O–H groups in total. The molecule has 1 saturated carbocycles. The minimum absolute atomic E-state index is 0.219. The van der Waals surface area contributed by atoms with Crippen molar-refractivity contribution in [1.29, 1.82) is 0 Å². The summed E-state index contributed by atoms with van der Waals surface area (Å²) >= 11 is 0. The van der Waals surface area contributed by atoms with Gasteiger partial charge < -0.3 is 15.5 Å². The van der Waals surface area contributed by atoms with Gasteiger partial charge >= 0.3 is 0 Å². The van der Waals surface area contributed by atoms with Crippen LogP contribution in [-0.4, -0.2) is 73.6 Å². The zero-order valence-corrected chi connectivity index (χ0v) is 12.4. The predicted octanol–water partition coefficient (Wildman–Crippen LogP) is 0.0247. The van der Waals surface area contributed by atoms with Crippen molar-refractivity contribution >= 4 is 5.91 Å². The highest BCUT2D eigenvalue weighted by molar-refractivity contribution is 5.78. The number of carbonyl (C=O) groups is 1. The third-order valence-electron chi connectivity index (χ3n) is 4.76. The molecular weight excluding hydrogens is 252 g/mol. The van der Waals surface area contributed by atoms with Crippen molar-refractivity contribution in [2.24, 2.45) is 0 Å². The van der Waals surface area contributed by atoms with E-state index in [1.807, 2.05) is 0 Å². The van der Waals surface area contributed by atoms with Crippen molar-refractivity contribution < 1.29 is 4.79 Å². The number of piperidine rings is 1. The van der Waals surface area contributed by atoms with Gasteiger partial charge in [-0.2, -0.15) is 0 Å². The smallest absolute Gasteiger partial charge is 0.234 e. The molecule has 0 aromatic carbocycles. The molecular formula is C15H28N4O. The van der Waals surface area contributed by atoms with Crippen molar-refractivity contribution in [1.82, 2.24) is 20.4 Å². The van der Waals surface area contributed by atoms with Gasteiger partial charge in [0.25, 0.3) is 0 Å². The van der Waals surface area contributed by atoms with Gasteiger partial charge in [-0.25, -0.2) is 0 Å². The SMILES string of the molecule is O=C(CN1CCCNCC1)NC1CCN(C2CC2)CC1. The van der Waals surface area contributed by atoms with Crippen LogP contribution in [0.4, 0.5) is 0 Å². The molecule has 114 valence electrons. The van der Waals surface area contributed by atoms with E-state index < -0.39 is 0 Å². The summed E-state index contributed by atoms with van der Waals surface area (Å²) in [6.07, 6.45) is 6.18. The summed E-state index contributed by atoms with van der Waals surface area (Å²) in [7, 11) is 0. The molecule has 3 aliphatic rings. The van der Waals surface area contributed by atoms with E-state index in [0.29, 0.717) is 12.6 Å². The highest BCUT2D eigenvalue weighted by atomic mass is 16.2. The van der Waals surface area contributed by atoms with Crippen molar-refractivity contribution in [2.45, 2.75) is 44.2 Å². The van der Waals surface area contributed by atoms with E-state index in [9.17, 15) is 4.79 Å². The fraction of sp³-hybridized carbons (Fsp3) is 0.933. The van der Waals surface area contributed by atoms with E-state index in [0.717, 1.165) is 51.5 Å². The Bertz CT molecular complexity index is 316. The third-order valence-corrected chi connectivity index (χ3v) is 4.76. The van der Waals surface area contributed by atoms with E-state index in [2.05, 4.69) is 20.4 Å². The van der Waals surface area contributed by atoms with Crippen LogP contribution in [0, 0.1) is 0 Å². The molecule has 5 heteroatoms. The van der Waals surface area contributed by atoms with Gasteiger partial charge in [0, 0.05) is 38.3 Å². The van der Waals surface area contributed by atoms with E-state index in [1.54, 1.807) is 0 Å². The van der Waals surface area contributed by atoms with Crippen LogP contribution in [0.1, 0.15) is 32.1 Å². The predicted molar refractivity (Wildman–Crippen MR) is 79.7 cm³/mol. The number of carbonyl (C=O) groups excluding carboxylic acids is 1. The second-order valence-electron chi connectivity index (χ2n) is 6.49. The fourth-order valence-corrected chi connectivity index (χ4v) is 3.38. The molecule has 1 amide bonds. The zero-order chi connectivity index (χ0) is 13.8. The van der Waals surface area contributed by atoms with Crippen molar-refractivity contribution in [2.75, 3.05) is 45.8 Å². The Balaban J connectivity index is 1.35. The van der Waals surface area contributed by atoms with Crippen LogP contribution >= 0.6 is 0 Å². The topological polar surface area (TPSA) is 47.6 Å². The van der Waals surface area contributed by atoms with Crippen LogP contribution in [0.15, 0.2) is 0 Å². The number of hydrogen-bond donors (Lipinski definition) is 2. The Morgan fingerprint density at radius 1 is 1.05 bits per heavy atom. The molecule has 0 radical (unpaired) electrons. The molecule has 0 aromatic heterocycles. The number of amides is 1. The first kappa shape index (κ1) is 14.3. The summed E-state index contributed by atoms with van der Waals surface area (Å²) in [5.74, 6) is 0.219. The molecule has 20 heavy (non-hydrogen) atoms. The van der Waals surface area contributed by atoms with Crippen molar-refractivity contribution in [3.63, 3.8) is 0 Å². The number of nitrogens with one attached hydrogen (secondary N) is 2. The average Bonchev–Trinajstić information content (AvgIpc) is 3.27. The van der Waals surface area contributed by atoms with Gasteiger partial charge in [-0.1, -0.05) is 0 Å². The zero-order valence-electron chi connectivity index (χ0n) is 12.4. The Hall–Kier alpha value is -0.650. The molecule has 0 bridgehead atoms. The molecule has 2 heterocycles. The monoisotopic (exact) mass is 280 g/mol. The largest absolute Gasteiger partial charge is 0.352 e. The lowest BCUT2D eigenvalue weighted by molar-refractivity contribution is -0.123. The summed E-state index contributed by atoms with van der Waals surface area (Å²) in [5, 5.41) is 6.61. The van der Waals surface area contributed by atoms with Crippen LogP contribution in [0.25, 0.3) is 0 Å². The Morgan fingerprint density at radius 2 is 1.85 bits per heavy atom. The Morgan fingerprint density at radius 3 is 2.60 bits per heavy atom. The van der Waals surface area contributed by atoms with Gasteiger partial charge in [0.15, 0.2) is 0 Å². The summed E-state index contributed by atoms with van der Waals surface area (Å²) < 4.78 is 0. The number of likely N-dealkylation sites (tertiary alicyclic amines) is 1. The standard InChI is InChI=1S/C15H28N4O/c20-15(12-18-8-1-6-16-7-11-18)17-13-4-9-19(10-5-13)14-2-3-14/h13-14,16H,1-12H2,(H,17,20). The van der Waals surface area contributed by atoms with Crippen LogP contribution in [-0.2, 0) is 4.79 Å². The van der Waals surface area contributed by atoms with Gasteiger partial charge in [-0.05, 0) is 45.2 Å². The van der Waals surface area contributed by atoms with Crippen molar-refractivity contribution in [3.8, 4) is 0 Å². The molecule has 2 saturated heterocycles. The lowest BCUT2D eigenvalue weighted by atomic mass is 10.0. The minimum Gasteiger partial charge on any atom is -0.352 e. The Labute approximate surface area is 122 Å². The van der Waals surface area contributed by atoms with Crippen LogP contribution in [0.5, 0.6) is 0 Å². The van der Waals surface area contributed by atoms with Gasteiger partial charge in [-0.3, -0.25) is 9.69 Å². The number of rotatable bonds is 4. The van der Waals surface area contributed by atoms with Gasteiger partial charge in [0.1, 0.15) is 0 Å². The van der Waals surface area contributed by atoms with Crippen LogP contribution in [0.2, 0.25) is 0 Å². The molecule has 2 aliphatic heterocycles. The van der Waals surface area contributed by atoms with E-state index in [4.69, 9.17) is 0 Å². The van der Waals surface area contributed by atoms with Crippen molar-refractivity contribution in [3.05, 3.63) is 0 Å². The number of hydrogen-bond acceptors (Lipinski definition) is 4. The summed E-state index contributed by atoms with van der Waals surface area (Å²) in [6.45, 7) is 7.04. The third kappa shape index (κ3) is 4.17. The lowest BCUT2D eigenvalue weighted by Crippen LogP contribution is -2.48. The van der Waals surface area contributed by atoms with Gasteiger partial charge in [0.05, 0.1) is 6.54 Å². The van der Waals surface area contributed by atoms with E-state index in [-0.39, 0.29) is 5.91 Å². The highest BCUT2D eigenvalue weighted by Gasteiger charge is 2.32. The normalized spacial score (nSPS) is 27.2. The van der Waals surface area contributed by atoms with E-state index >= 15 is 0 Å². The fourth-order valence-electron chi connectivity index (χ4n) is 3.38. The minimum atomic E-state index is 0.219. The molecule has 0 spiro atoms. The maximum absolute atomic E-state index is 12.1. The molecule has 3 fully saturated rings. The van der Waals surface area contributed by atoms with Gasteiger partial charge in [-0.15, -0.1) is 0 Å². The van der Waals surface area contributed by atoms with Crippen LogP contribution in [0.3, 0.4) is 0 Å². The first-order valence-electron chi connectivity index (χ1n) is 8.28. The number of nitrogens with zero attached hydrogens (tertiary/aromatic N) is 2. The molecule has 5 nitrogen and oxygen atoms in total. The average molecular weight is 280 g/mol. The quantitative estimate of drug-likeness (QED) is 0.762. The summed E-state index contributed by atoms with van der Waals surface area (Å²) in [4.78, 5) is 17.0. The Kier molecular flexibility index (Phi) is 4.91. The molecule has 1 aliphatic carbocycles. The van der Waals surface area contributed by atoms with E-state index in [1.165, 1.54) is 25.9 Å².